The summed E-state index contributed by atoms with van der Waals surface area (Å²) < 4.78 is 11.0. The Labute approximate surface area is 138 Å². The second-order valence-corrected chi connectivity index (χ2v) is 5.71. The topological polar surface area (TPSA) is 35.5 Å². The van der Waals surface area contributed by atoms with Crippen LogP contribution in [0.2, 0.25) is 0 Å². The lowest BCUT2D eigenvalue weighted by molar-refractivity contribution is -0.0326. The van der Waals surface area contributed by atoms with Gasteiger partial charge in [0.25, 0.3) is 0 Å². The van der Waals surface area contributed by atoms with Crippen LogP contribution in [-0.2, 0) is 9.47 Å². The summed E-state index contributed by atoms with van der Waals surface area (Å²) in [5.41, 5.74) is 2.76. The Morgan fingerprint density at radius 2 is 1.52 bits per heavy atom. The largest absolute Gasteiger partial charge is 0.459 e. The van der Waals surface area contributed by atoms with Crippen LogP contribution in [0.3, 0.4) is 0 Å². The molecule has 23 heavy (non-hydrogen) atoms. The van der Waals surface area contributed by atoms with E-state index >= 15 is 0 Å². The monoisotopic (exact) mass is 312 g/mol. The summed E-state index contributed by atoms with van der Waals surface area (Å²) >= 11 is 0. The molecule has 0 fully saturated rings. The fourth-order valence-electron chi connectivity index (χ4n) is 2.24. The smallest absolute Gasteiger partial charge is 0.338 e. The second kappa shape index (κ2) is 8.49. The van der Waals surface area contributed by atoms with E-state index in [0.29, 0.717) is 5.56 Å². The molecular weight excluding hydrogens is 288 g/mol. The molecule has 0 saturated carbocycles. The summed E-state index contributed by atoms with van der Waals surface area (Å²) in [7, 11) is 0. The first-order chi connectivity index (χ1) is 11.1. The van der Waals surface area contributed by atoms with E-state index in [9.17, 15) is 4.79 Å². The molecule has 0 amide bonds. The zero-order valence-corrected chi connectivity index (χ0v) is 14.0. The zero-order chi connectivity index (χ0) is 16.7. The number of ether oxygens (including phenoxy) is 2. The normalized spacial score (nSPS) is 13.3. The van der Waals surface area contributed by atoms with Crippen LogP contribution in [0.4, 0.5) is 0 Å². The van der Waals surface area contributed by atoms with Gasteiger partial charge in [-0.1, -0.05) is 49.4 Å². The van der Waals surface area contributed by atoms with Gasteiger partial charge in [0, 0.05) is 0 Å². The van der Waals surface area contributed by atoms with Gasteiger partial charge in [-0.05, 0) is 43.5 Å². The molecule has 0 heterocycles. The first-order valence-electron chi connectivity index (χ1n) is 8.08. The summed E-state index contributed by atoms with van der Waals surface area (Å²) in [6, 6.07) is 17.5. The number of carbonyl (C=O) groups is 1. The van der Waals surface area contributed by atoms with Gasteiger partial charge in [0.05, 0.1) is 17.8 Å². The van der Waals surface area contributed by atoms with E-state index in [2.05, 4.69) is 6.92 Å². The van der Waals surface area contributed by atoms with Gasteiger partial charge in [-0.2, -0.15) is 0 Å². The summed E-state index contributed by atoms with van der Waals surface area (Å²) in [5, 5.41) is 0. The molecule has 3 heteroatoms. The predicted molar refractivity (Wildman–Crippen MR) is 92.5 cm³/mol. The predicted octanol–water partition coefficient (Wildman–Crippen LogP) is 4.71. The SMILES string of the molecule is CCC(C)OC(C)COC(=O)c1ccc(-c2ccccc2)cc1. The van der Waals surface area contributed by atoms with E-state index < -0.39 is 0 Å². The molecule has 2 aromatic carbocycles. The van der Waals surface area contributed by atoms with Gasteiger partial charge in [-0.3, -0.25) is 0 Å². The van der Waals surface area contributed by atoms with Crippen LogP contribution in [0.25, 0.3) is 11.1 Å². The number of carbonyl (C=O) groups excluding carboxylic acids is 1. The Kier molecular flexibility index (Phi) is 6.36. The summed E-state index contributed by atoms with van der Waals surface area (Å²) in [6.07, 6.45) is 1.02. The van der Waals surface area contributed by atoms with Gasteiger partial charge >= 0.3 is 5.97 Å². The first-order valence-corrected chi connectivity index (χ1v) is 8.08. The zero-order valence-electron chi connectivity index (χ0n) is 14.0. The Bertz CT molecular complexity index is 605. The number of hydrogen-bond donors (Lipinski definition) is 0. The maximum atomic E-state index is 12.1. The number of hydrogen-bond acceptors (Lipinski definition) is 3. The van der Waals surface area contributed by atoms with Gasteiger partial charge in [0.1, 0.15) is 6.61 Å². The number of esters is 1. The summed E-state index contributed by atoms with van der Waals surface area (Å²) in [5.74, 6) is -0.316. The molecule has 2 aromatic rings. The van der Waals surface area contributed by atoms with E-state index in [-0.39, 0.29) is 24.8 Å². The molecule has 0 bridgehead atoms. The Morgan fingerprint density at radius 1 is 0.913 bits per heavy atom. The van der Waals surface area contributed by atoms with Crippen molar-refractivity contribution in [1.82, 2.24) is 0 Å². The minimum absolute atomic E-state index is 0.0995. The van der Waals surface area contributed by atoms with Crippen molar-refractivity contribution in [2.75, 3.05) is 6.61 Å². The Balaban J connectivity index is 1.90. The molecular formula is C20H24O3. The average molecular weight is 312 g/mol. The third kappa shape index (κ3) is 5.22. The van der Waals surface area contributed by atoms with Crippen LogP contribution < -0.4 is 0 Å². The van der Waals surface area contributed by atoms with Crippen molar-refractivity contribution in [2.24, 2.45) is 0 Å². The molecule has 0 aliphatic rings. The van der Waals surface area contributed by atoms with Gasteiger partial charge in [-0.15, -0.1) is 0 Å². The molecule has 0 saturated heterocycles. The molecule has 0 N–H and O–H groups in total. The maximum absolute atomic E-state index is 12.1. The minimum Gasteiger partial charge on any atom is -0.459 e. The lowest BCUT2D eigenvalue weighted by Crippen LogP contribution is -2.23. The molecule has 0 aliphatic heterocycles. The van der Waals surface area contributed by atoms with Crippen LogP contribution in [-0.4, -0.2) is 24.8 Å². The molecule has 2 atom stereocenters. The third-order valence-corrected chi connectivity index (χ3v) is 3.72. The molecule has 3 nitrogen and oxygen atoms in total. The highest BCUT2D eigenvalue weighted by molar-refractivity contribution is 5.90. The highest BCUT2D eigenvalue weighted by Crippen LogP contribution is 2.19. The molecule has 2 rings (SSSR count). The number of benzene rings is 2. The lowest BCUT2D eigenvalue weighted by atomic mass is 10.0. The lowest BCUT2D eigenvalue weighted by Gasteiger charge is -2.17. The maximum Gasteiger partial charge on any atom is 0.338 e. The van der Waals surface area contributed by atoms with Crippen LogP contribution in [0.15, 0.2) is 54.6 Å². The molecule has 0 radical (unpaired) electrons. The fourth-order valence-corrected chi connectivity index (χ4v) is 2.24. The fraction of sp³-hybridized carbons (Fsp3) is 0.350. The second-order valence-electron chi connectivity index (χ2n) is 5.71. The summed E-state index contributed by atoms with van der Waals surface area (Å²) in [4.78, 5) is 12.1. The van der Waals surface area contributed by atoms with E-state index in [0.717, 1.165) is 17.5 Å². The highest BCUT2D eigenvalue weighted by Gasteiger charge is 2.12. The van der Waals surface area contributed by atoms with Crippen molar-refractivity contribution in [3.8, 4) is 11.1 Å². The van der Waals surface area contributed by atoms with Crippen molar-refractivity contribution < 1.29 is 14.3 Å². The minimum atomic E-state index is -0.316. The van der Waals surface area contributed by atoms with Crippen molar-refractivity contribution in [3.05, 3.63) is 60.2 Å². The first kappa shape index (κ1) is 17.2. The van der Waals surface area contributed by atoms with Crippen molar-refractivity contribution in [1.29, 1.82) is 0 Å². The van der Waals surface area contributed by atoms with Crippen LogP contribution in [0.5, 0.6) is 0 Å². The van der Waals surface area contributed by atoms with E-state index in [1.165, 1.54) is 0 Å². The van der Waals surface area contributed by atoms with E-state index in [4.69, 9.17) is 9.47 Å². The molecule has 122 valence electrons. The van der Waals surface area contributed by atoms with Gasteiger partial charge in [-0.25, -0.2) is 4.79 Å². The molecule has 2 unspecified atom stereocenters. The van der Waals surface area contributed by atoms with Gasteiger partial charge < -0.3 is 9.47 Å². The molecule has 0 aliphatic carbocycles. The van der Waals surface area contributed by atoms with E-state index in [1.807, 2.05) is 56.3 Å². The third-order valence-electron chi connectivity index (χ3n) is 3.72. The van der Waals surface area contributed by atoms with Crippen molar-refractivity contribution >= 4 is 5.97 Å². The average Bonchev–Trinajstić information content (AvgIpc) is 2.60. The molecule has 0 aromatic heterocycles. The van der Waals surface area contributed by atoms with Crippen LogP contribution >= 0.6 is 0 Å². The van der Waals surface area contributed by atoms with Gasteiger partial charge in [0.15, 0.2) is 0 Å². The summed E-state index contributed by atoms with van der Waals surface area (Å²) in [6.45, 7) is 6.26. The van der Waals surface area contributed by atoms with E-state index in [1.54, 1.807) is 12.1 Å². The Morgan fingerprint density at radius 3 is 2.13 bits per heavy atom. The standard InChI is InChI=1S/C20H24O3/c1-4-15(2)23-16(3)14-22-20(21)19-12-10-18(11-13-19)17-8-6-5-7-9-17/h5-13,15-16H,4,14H2,1-3H3. The van der Waals surface area contributed by atoms with Crippen LogP contribution in [0.1, 0.15) is 37.6 Å². The van der Waals surface area contributed by atoms with Crippen LogP contribution in [0, 0.1) is 0 Å². The van der Waals surface area contributed by atoms with Gasteiger partial charge in [0.2, 0.25) is 0 Å². The van der Waals surface area contributed by atoms with Crippen molar-refractivity contribution in [2.45, 2.75) is 39.4 Å². The highest BCUT2D eigenvalue weighted by atomic mass is 16.6. The Hall–Kier alpha value is -2.13. The quantitative estimate of drug-likeness (QED) is 0.694. The number of rotatable bonds is 7. The molecule has 0 spiro atoms. The van der Waals surface area contributed by atoms with Crippen molar-refractivity contribution in [3.63, 3.8) is 0 Å².